The van der Waals surface area contributed by atoms with Gasteiger partial charge in [0.15, 0.2) is 0 Å². The molecule has 6 nitrogen and oxygen atoms in total. The standard InChI is InChI=1S/C27H30N2O4/c1-26(2,10-9-24(30)31)23-16-18-15-20(6-7-21(18)29-23)28-25(32)27(11-12-27)19-5-8-22-17(14-19)4-3-13-33-22/h5-8,14-16,29H,3-4,9-13H2,1-2H3,(H,28,32)(H,30,31). The molecule has 172 valence electrons. The highest BCUT2D eigenvalue weighted by Gasteiger charge is 2.51. The Bertz CT molecular complexity index is 1240. The zero-order valence-corrected chi connectivity index (χ0v) is 19.2. The number of aryl methyl sites for hydroxylation is 1. The molecule has 0 spiro atoms. The van der Waals surface area contributed by atoms with Crippen molar-refractivity contribution < 1.29 is 19.4 Å². The number of benzene rings is 2. The van der Waals surface area contributed by atoms with Gasteiger partial charge in [0, 0.05) is 34.1 Å². The van der Waals surface area contributed by atoms with E-state index in [4.69, 9.17) is 9.84 Å². The van der Waals surface area contributed by atoms with E-state index >= 15 is 0 Å². The largest absolute Gasteiger partial charge is 0.493 e. The maximum Gasteiger partial charge on any atom is 0.303 e. The zero-order chi connectivity index (χ0) is 23.2. The van der Waals surface area contributed by atoms with Crippen molar-refractivity contribution in [1.29, 1.82) is 0 Å². The number of rotatable bonds is 7. The molecule has 6 heteroatoms. The number of hydrogen-bond donors (Lipinski definition) is 3. The van der Waals surface area contributed by atoms with Crippen molar-refractivity contribution in [1.82, 2.24) is 4.98 Å². The number of nitrogens with one attached hydrogen (secondary N) is 2. The molecule has 33 heavy (non-hydrogen) atoms. The van der Waals surface area contributed by atoms with Crippen molar-refractivity contribution in [2.45, 2.75) is 63.2 Å². The van der Waals surface area contributed by atoms with Crippen molar-refractivity contribution in [3.63, 3.8) is 0 Å². The number of aromatic nitrogens is 1. The summed E-state index contributed by atoms with van der Waals surface area (Å²) in [6.45, 7) is 4.85. The average Bonchev–Trinajstić information content (AvgIpc) is 3.50. The Kier molecular flexibility index (Phi) is 5.19. The van der Waals surface area contributed by atoms with Crippen LogP contribution < -0.4 is 10.1 Å². The van der Waals surface area contributed by atoms with E-state index in [9.17, 15) is 9.59 Å². The summed E-state index contributed by atoms with van der Waals surface area (Å²) in [5, 5.41) is 13.2. The highest BCUT2D eigenvalue weighted by atomic mass is 16.5. The van der Waals surface area contributed by atoms with Gasteiger partial charge < -0.3 is 20.1 Å². The molecule has 1 fully saturated rings. The number of carbonyl (C=O) groups is 2. The monoisotopic (exact) mass is 446 g/mol. The van der Waals surface area contributed by atoms with Crippen molar-refractivity contribution >= 4 is 28.5 Å². The summed E-state index contributed by atoms with van der Waals surface area (Å²) in [5.74, 6) is 0.196. The Balaban J connectivity index is 1.35. The number of carboxylic acids is 1. The van der Waals surface area contributed by atoms with Crippen LogP contribution in [-0.2, 0) is 26.8 Å². The second-order valence-corrected chi connectivity index (χ2v) is 10.1. The Morgan fingerprint density at radius 2 is 1.97 bits per heavy atom. The summed E-state index contributed by atoms with van der Waals surface area (Å²) >= 11 is 0. The van der Waals surface area contributed by atoms with Gasteiger partial charge in [-0.1, -0.05) is 26.0 Å². The number of H-pyrrole nitrogens is 1. The second kappa shape index (κ2) is 7.94. The molecule has 1 saturated carbocycles. The fourth-order valence-corrected chi connectivity index (χ4v) is 4.81. The lowest BCUT2D eigenvalue weighted by molar-refractivity contribution is -0.137. The summed E-state index contributed by atoms with van der Waals surface area (Å²) in [5.41, 5.74) is 4.28. The van der Waals surface area contributed by atoms with E-state index in [1.165, 1.54) is 5.56 Å². The molecule has 2 heterocycles. The van der Waals surface area contributed by atoms with Crippen LogP contribution in [0.1, 0.15) is 62.8 Å². The molecule has 0 radical (unpaired) electrons. The lowest BCUT2D eigenvalue weighted by atomic mass is 9.84. The van der Waals surface area contributed by atoms with E-state index in [1.807, 2.05) is 44.2 Å². The van der Waals surface area contributed by atoms with E-state index in [0.29, 0.717) is 6.42 Å². The average molecular weight is 447 g/mol. The van der Waals surface area contributed by atoms with Gasteiger partial charge >= 0.3 is 5.97 Å². The van der Waals surface area contributed by atoms with Gasteiger partial charge in [-0.3, -0.25) is 9.59 Å². The predicted molar refractivity (Wildman–Crippen MR) is 128 cm³/mol. The third kappa shape index (κ3) is 4.10. The van der Waals surface area contributed by atoms with Crippen molar-refractivity contribution in [2.24, 2.45) is 0 Å². The van der Waals surface area contributed by atoms with E-state index in [-0.39, 0.29) is 17.7 Å². The van der Waals surface area contributed by atoms with Gasteiger partial charge in [-0.15, -0.1) is 0 Å². The molecule has 3 N–H and O–H groups in total. The number of aromatic amines is 1. The molecule has 0 atom stereocenters. The van der Waals surface area contributed by atoms with Gasteiger partial charge in [0.2, 0.25) is 5.91 Å². The van der Waals surface area contributed by atoms with Crippen LogP contribution in [0.3, 0.4) is 0 Å². The SMILES string of the molecule is CC(C)(CCC(=O)O)c1cc2cc(NC(=O)C3(c4ccc5c(c4)CCCO5)CC3)ccc2[nH]1. The quantitative estimate of drug-likeness (QED) is 0.459. The van der Waals surface area contributed by atoms with Gasteiger partial charge in [0.1, 0.15) is 5.75 Å². The van der Waals surface area contributed by atoms with Gasteiger partial charge in [-0.05, 0) is 73.6 Å². The van der Waals surface area contributed by atoms with E-state index in [0.717, 1.165) is 65.9 Å². The van der Waals surface area contributed by atoms with E-state index < -0.39 is 11.4 Å². The first-order chi connectivity index (χ1) is 15.8. The number of carboxylic acid groups (broad SMARTS) is 1. The third-order valence-electron chi connectivity index (χ3n) is 7.22. The minimum atomic E-state index is -0.787. The molecular weight excluding hydrogens is 416 g/mol. The second-order valence-electron chi connectivity index (χ2n) is 10.1. The Labute approximate surface area is 193 Å². The number of amides is 1. The zero-order valence-electron chi connectivity index (χ0n) is 19.2. The fraction of sp³-hybridized carbons (Fsp3) is 0.407. The topological polar surface area (TPSA) is 91.4 Å². The first-order valence-corrected chi connectivity index (χ1v) is 11.7. The first-order valence-electron chi connectivity index (χ1n) is 11.7. The van der Waals surface area contributed by atoms with Gasteiger partial charge in [0.25, 0.3) is 0 Å². The first kappa shape index (κ1) is 21.6. The molecule has 2 aromatic carbocycles. The van der Waals surface area contributed by atoms with Crippen LogP contribution in [-0.4, -0.2) is 28.6 Å². The fourth-order valence-electron chi connectivity index (χ4n) is 4.81. The minimum Gasteiger partial charge on any atom is -0.493 e. The molecule has 1 aliphatic carbocycles. The molecule has 1 amide bonds. The van der Waals surface area contributed by atoms with Gasteiger partial charge in [-0.2, -0.15) is 0 Å². The number of anilines is 1. The molecule has 2 aliphatic rings. The summed E-state index contributed by atoms with van der Waals surface area (Å²) in [4.78, 5) is 27.7. The number of aliphatic carboxylic acids is 1. The summed E-state index contributed by atoms with van der Waals surface area (Å²) in [6.07, 6.45) is 4.39. The van der Waals surface area contributed by atoms with Crippen molar-refractivity contribution in [3.8, 4) is 5.75 Å². The molecule has 0 saturated heterocycles. The molecule has 1 aliphatic heterocycles. The highest BCUT2D eigenvalue weighted by Crippen LogP contribution is 2.50. The summed E-state index contributed by atoms with van der Waals surface area (Å²) in [7, 11) is 0. The summed E-state index contributed by atoms with van der Waals surface area (Å²) < 4.78 is 5.73. The maximum atomic E-state index is 13.3. The van der Waals surface area contributed by atoms with Crippen LogP contribution in [0.5, 0.6) is 5.75 Å². The van der Waals surface area contributed by atoms with Crippen LogP contribution in [0.4, 0.5) is 5.69 Å². The summed E-state index contributed by atoms with van der Waals surface area (Å²) in [6, 6.07) is 14.1. The van der Waals surface area contributed by atoms with Crippen LogP contribution in [0, 0.1) is 0 Å². The maximum absolute atomic E-state index is 13.3. The van der Waals surface area contributed by atoms with Crippen LogP contribution >= 0.6 is 0 Å². The van der Waals surface area contributed by atoms with Crippen molar-refractivity contribution in [3.05, 3.63) is 59.3 Å². The smallest absolute Gasteiger partial charge is 0.303 e. The van der Waals surface area contributed by atoms with Gasteiger partial charge in [0.05, 0.1) is 12.0 Å². The lowest BCUT2D eigenvalue weighted by Gasteiger charge is -2.22. The lowest BCUT2D eigenvalue weighted by Crippen LogP contribution is -2.28. The van der Waals surface area contributed by atoms with Gasteiger partial charge in [-0.25, -0.2) is 0 Å². The number of ether oxygens (including phenoxy) is 1. The number of fused-ring (bicyclic) bond motifs is 2. The molecule has 5 rings (SSSR count). The minimum absolute atomic E-state index is 0.0380. The van der Waals surface area contributed by atoms with Crippen LogP contribution in [0.25, 0.3) is 10.9 Å². The predicted octanol–water partition coefficient (Wildman–Crippen LogP) is 5.31. The normalized spacial score (nSPS) is 16.7. The van der Waals surface area contributed by atoms with Crippen LogP contribution in [0.15, 0.2) is 42.5 Å². The number of hydrogen-bond acceptors (Lipinski definition) is 3. The molecule has 1 aromatic heterocycles. The number of carbonyl (C=O) groups excluding carboxylic acids is 1. The Hall–Kier alpha value is -3.28. The van der Waals surface area contributed by atoms with Crippen LogP contribution in [0.2, 0.25) is 0 Å². The molecule has 3 aromatic rings. The highest BCUT2D eigenvalue weighted by molar-refractivity contribution is 6.02. The van der Waals surface area contributed by atoms with Crippen molar-refractivity contribution in [2.75, 3.05) is 11.9 Å². The molecule has 0 unspecified atom stereocenters. The Morgan fingerprint density at radius 1 is 1.15 bits per heavy atom. The molecular formula is C27H30N2O4. The molecule has 0 bridgehead atoms. The third-order valence-corrected chi connectivity index (χ3v) is 7.22. The Morgan fingerprint density at radius 3 is 2.73 bits per heavy atom. The van der Waals surface area contributed by atoms with E-state index in [1.54, 1.807) is 0 Å². The van der Waals surface area contributed by atoms with E-state index in [2.05, 4.69) is 22.4 Å².